The van der Waals surface area contributed by atoms with Crippen molar-refractivity contribution in [2.45, 2.75) is 32.2 Å². The molecule has 0 bridgehead atoms. The number of nitrogens with one attached hydrogen (secondary N) is 1. The molecule has 0 fully saturated rings. The highest BCUT2D eigenvalue weighted by atomic mass is 16.7. The number of carboxylic acids is 1. The quantitative estimate of drug-likeness (QED) is 0.780. The van der Waals surface area contributed by atoms with Crippen molar-refractivity contribution in [2.75, 3.05) is 23.5 Å². The molecule has 0 aliphatic carbocycles. The molecule has 0 radical (unpaired) electrons. The van der Waals surface area contributed by atoms with Gasteiger partial charge in [-0.05, 0) is 50.5 Å². The summed E-state index contributed by atoms with van der Waals surface area (Å²) in [6.45, 7) is 4.53. The minimum absolute atomic E-state index is 0.308. The Kier molecular flexibility index (Phi) is 4.85. The fourth-order valence-electron chi connectivity index (χ4n) is 2.93. The highest BCUT2D eigenvalue weighted by Crippen LogP contribution is 2.33. The maximum absolute atomic E-state index is 12.3. The van der Waals surface area contributed by atoms with E-state index in [0.29, 0.717) is 18.1 Å². The van der Waals surface area contributed by atoms with E-state index in [-0.39, 0.29) is 0 Å². The third-order valence-electron chi connectivity index (χ3n) is 4.33. The largest absolute Gasteiger partial charge is 0.479 e. The van der Waals surface area contributed by atoms with E-state index in [1.54, 1.807) is 44.3 Å². The number of carbonyl (C=O) groups is 1. The summed E-state index contributed by atoms with van der Waals surface area (Å²) in [5.41, 5.74) is -0.0193. The molecule has 7 heteroatoms. The second-order valence-corrected chi connectivity index (χ2v) is 6.01. The molecule has 7 nitrogen and oxygen atoms in total. The van der Waals surface area contributed by atoms with Crippen LogP contribution in [0.4, 0.5) is 11.6 Å². The predicted molar refractivity (Wildman–Crippen MR) is 94.4 cm³/mol. The molecule has 2 N–H and O–H groups in total. The summed E-state index contributed by atoms with van der Waals surface area (Å²) in [5.74, 6) is 0.102. The molecule has 3 heterocycles. The smallest absolute Gasteiger partial charge is 0.338 e. The van der Waals surface area contributed by atoms with Crippen molar-refractivity contribution in [3.63, 3.8) is 0 Å². The van der Waals surface area contributed by atoms with Crippen molar-refractivity contribution in [3.05, 3.63) is 47.8 Å². The van der Waals surface area contributed by atoms with Crippen molar-refractivity contribution in [3.8, 4) is 0 Å². The zero-order chi connectivity index (χ0) is 17.9. The number of carboxylic acid groups (broad SMARTS) is 1. The molecular formula is C18H22N4O3. The van der Waals surface area contributed by atoms with Crippen LogP contribution in [0.15, 0.2) is 36.5 Å². The fraction of sp³-hybridized carbons (Fsp3) is 0.389. The summed E-state index contributed by atoms with van der Waals surface area (Å²) in [6, 6.07) is 8.97. The van der Waals surface area contributed by atoms with Crippen LogP contribution >= 0.6 is 0 Å². The van der Waals surface area contributed by atoms with Gasteiger partial charge in [-0.3, -0.25) is 4.84 Å². The van der Waals surface area contributed by atoms with Crippen LogP contribution in [-0.2, 0) is 21.6 Å². The highest BCUT2D eigenvalue weighted by molar-refractivity contribution is 5.83. The molecule has 132 valence electrons. The Balaban J connectivity index is 2.10. The van der Waals surface area contributed by atoms with E-state index < -0.39 is 11.5 Å². The molecule has 2 aromatic rings. The summed E-state index contributed by atoms with van der Waals surface area (Å²) in [5, 5.41) is 14.6. The Hall–Kier alpha value is -2.67. The van der Waals surface area contributed by atoms with E-state index in [1.807, 2.05) is 6.07 Å². The minimum Gasteiger partial charge on any atom is -0.479 e. The zero-order valence-electron chi connectivity index (χ0n) is 14.4. The van der Waals surface area contributed by atoms with Gasteiger partial charge in [0, 0.05) is 12.7 Å². The van der Waals surface area contributed by atoms with Crippen molar-refractivity contribution in [1.82, 2.24) is 9.97 Å². The second kappa shape index (κ2) is 7.06. The first-order valence-electron chi connectivity index (χ1n) is 8.39. The van der Waals surface area contributed by atoms with Gasteiger partial charge in [-0.2, -0.15) is 0 Å². The standard InChI is InChI=1S/C18H22N4O3/c1-3-25-22(15-8-4-5-11-19-15)18(2,17(23)24)14-10-9-13-7-6-12-20-16(13)21-14/h4-5,8-11H,3,6-7,12H2,1-2H3,(H,20,21)(H,23,24)/t18-/m1/s1. The first-order valence-corrected chi connectivity index (χ1v) is 8.39. The van der Waals surface area contributed by atoms with Gasteiger partial charge in [0.05, 0.1) is 12.3 Å². The van der Waals surface area contributed by atoms with E-state index in [1.165, 1.54) is 5.06 Å². The van der Waals surface area contributed by atoms with Crippen LogP contribution in [0.2, 0.25) is 0 Å². The van der Waals surface area contributed by atoms with E-state index in [9.17, 15) is 9.90 Å². The van der Waals surface area contributed by atoms with Gasteiger partial charge in [0.2, 0.25) is 5.54 Å². The van der Waals surface area contributed by atoms with Gasteiger partial charge >= 0.3 is 5.97 Å². The zero-order valence-corrected chi connectivity index (χ0v) is 14.4. The average molecular weight is 342 g/mol. The molecule has 0 saturated carbocycles. The molecule has 1 aliphatic heterocycles. The number of aromatic nitrogens is 2. The van der Waals surface area contributed by atoms with Crippen molar-refractivity contribution >= 4 is 17.6 Å². The number of rotatable bonds is 6. The van der Waals surface area contributed by atoms with E-state index in [2.05, 4.69) is 15.3 Å². The molecule has 0 spiro atoms. The Labute approximate surface area is 146 Å². The molecule has 0 aromatic carbocycles. The monoisotopic (exact) mass is 342 g/mol. The summed E-state index contributed by atoms with van der Waals surface area (Å²) in [6.07, 6.45) is 3.59. The first kappa shape index (κ1) is 17.2. The third-order valence-corrected chi connectivity index (χ3v) is 4.33. The van der Waals surface area contributed by atoms with E-state index >= 15 is 0 Å². The summed E-state index contributed by atoms with van der Waals surface area (Å²) >= 11 is 0. The Bertz CT molecular complexity index is 753. The molecule has 0 unspecified atom stereocenters. The maximum atomic E-state index is 12.3. The van der Waals surface area contributed by atoms with Crippen LogP contribution in [0.5, 0.6) is 0 Å². The Morgan fingerprint density at radius 3 is 2.92 bits per heavy atom. The van der Waals surface area contributed by atoms with Crippen LogP contribution in [0.3, 0.4) is 0 Å². The number of pyridine rings is 2. The number of nitrogens with zero attached hydrogens (tertiary/aromatic N) is 3. The van der Waals surface area contributed by atoms with Gasteiger partial charge < -0.3 is 10.4 Å². The highest BCUT2D eigenvalue weighted by Gasteiger charge is 2.45. The lowest BCUT2D eigenvalue weighted by molar-refractivity contribution is -0.147. The van der Waals surface area contributed by atoms with Gasteiger partial charge in [-0.25, -0.2) is 19.8 Å². The molecule has 0 saturated heterocycles. The predicted octanol–water partition coefficient (Wildman–Crippen LogP) is 2.59. The Morgan fingerprint density at radius 2 is 2.24 bits per heavy atom. The summed E-state index contributed by atoms with van der Waals surface area (Å²) < 4.78 is 0. The lowest BCUT2D eigenvalue weighted by Gasteiger charge is -2.37. The third kappa shape index (κ3) is 3.15. The number of hydrogen-bond donors (Lipinski definition) is 2. The van der Waals surface area contributed by atoms with Gasteiger partial charge in [-0.1, -0.05) is 12.1 Å². The maximum Gasteiger partial charge on any atom is 0.338 e. The van der Waals surface area contributed by atoms with E-state index in [0.717, 1.165) is 30.8 Å². The van der Waals surface area contributed by atoms with Crippen LogP contribution < -0.4 is 10.4 Å². The number of hydrogen-bond acceptors (Lipinski definition) is 6. The van der Waals surface area contributed by atoms with Crippen molar-refractivity contribution in [2.24, 2.45) is 0 Å². The van der Waals surface area contributed by atoms with Crippen molar-refractivity contribution < 1.29 is 14.7 Å². The van der Waals surface area contributed by atoms with Crippen LogP contribution in [0.25, 0.3) is 0 Å². The topological polar surface area (TPSA) is 87.6 Å². The summed E-state index contributed by atoms with van der Waals surface area (Å²) in [7, 11) is 0. The fourth-order valence-corrected chi connectivity index (χ4v) is 2.93. The number of anilines is 2. The molecular weight excluding hydrogens is 320 g/mol. The van der Waals surface area contributed by atoms with Gasteiger partial charge in [-0.15, -0.1) is 0 Å². The lowest BCUT2D eigenvalue weighted by atomic mass is 9.95. The van der Waals surface area contributed by atoms with E-state index in [4.69, 9.17) is 4.84 Å². The molecule has 1 aliphatic rings. The summed E-state index contributed by atoms with van der Waals surface area (Å²) in [4.78, 5) is 26.8. The number of aliphatic carboxylic acids is 1. The second-order valence-electron chi connectivity index (χ2n) is 6.01. The van der Waals surface area contributed by atoms with Gasteiger partial charge in [0.25, 0.3) is 0 Å². The lowest BCUT2D eigenvalue weighted by Crippen LogP contribution is -2.51. The van der Waals surface area contributed by atoms with Gasteiger partial charge in [0.15, 0.2) is 5.82 Å². The first-order chi connectivity index (χ1) is 12.1. The normalized spacial score (nSPS) is 15.6. The van der Waals surface area contributed by atoms with Crippen LogP contribution in [0.1, 0.15) is 31.5 Å². The molecule has 2 aromatic heterocycles. The number of hydroxylamine groups is 1. The minimum atomic E-state index is -1.52. The van der Waals surface area contributed by atoms with Gasteiger partial charge in [0.1, 0.15) is 5.82 Å². The SMILES string of the molecule is CCON(c1ccccn1)[C@@](C)(C(=O)O)c1ccc2c(n1)NCCC2. The molecule has 25 heavy (non-hydrogen) atoms. The molecule has 3 rings (SSSR count). The average Bonchev–Trinajstić information content (AvgIpc) is 2.65. The number of aryl methyl sites for hydroxylation is 1. The molecule has 0 amide bonds. The number of fused-ring (bicyclic) bond motifs is 1. The van der Waals surface area contributed by atoms with Crippen LogP contribution in [0, 0.1) is 0 Å². The van der Waals surface area contributed by atoms with Crippen LogP contribution in [-0.4, -0.2) is 34.2 Å². The van der Waals surface area contributed by atoms with Crippen molar-refractivity contribution in [1.29, 1.82) is 0 Å². The Morgan fingerprint density at radius 1 is 1.40 bits per heavy atom. The molecule has 1 atom stereocenters.